The van der Waals surface area contributed by atoms with Crippen molar-refractivity contribution in [1.82, 2.24) is 14.0 Å². The van der Waals surface area contributed by atoms with E-state index in [4.69, 9.17) is 9.47 Å². The summed E-state index contributed by atoms with van der Waals surface area (Å²) < 4.78 is 15.7. The van der Waals surface area contributed by atoms with Gasteiger partial charge in [-0.3, -0.25) is 9.69 Å². The summed E-state index contributed by atoms with van der Waals surface area (Å²) in [5, 5.41) is 1.84. The molecule has 3 heterocycles. The lowest BCUT2D eigenvalue weighted by Crippen LogP contribution is -2.41. The molecule has 2 aromatic heterocycles. The zero-order chi connectivity index (χ0) is 23.7. The highest BCUT2D eigenvalue weighted by atomic mass is 16.5. The topological polar surface area (TPSA) is 48.6 Å². The smallest absolute Gasteiger partial charge is 0.260 e. The van der Waals surface area contributed by atoms with Crippen molar-refractivity contribution in [1.29, 1.82) is 0 Å². The van der Waals surface area contributed by atoms with E-state index in [1.54, 1.807) is 7.11 Å². The van der Waals surface area contributed by atoms with Crippen LogP contribution in [0.4, 0.5) is 0 Å². The molecular weight excluding hydrogens is 426 g/mol. The molecular formula is C28H37N3O3. The van der Waals surface area contributed by atoms with Crippen LogP contribution >= 0.6 is 0 Å². The van der Waals surface area contributed by atoms with Gasteiger partial charge in [-0.25, -0.2) is 0 Å². The van der Waals surface area contributed by atoms with E-state index in [-0.39, 0.29) is 22.4 Å². The van der Waals surface area contributed by atoms with Crippen LogP contribution in [0.1, 0.15) is 46.1 Å². The summed E-state index contributed by atoms with van der Waals surface area (Å²) >= 11 is 0. The quantitative estimate of drug-likeness (QED) is 0.551. The zero-order valence-electron chi connectivity index (χ0n) is 21.0. The standard InChI is InChI=1S/C28H37N3O3/c1-27(2)19-8-10-28(3,18-19)26(27)31-11-9-21-23(25(31)32)20-6-5-7-22(33-4)24(20)30(21)13-12-29-14-16-34-17-15-29/h5-7,9,11,19,26H,8,10,12-18H2,1-4H3/t19-,26?,28?/m1/s1. The predicted molar refractivity (Wildman–Crippen MR) is 136 cm³/mol. The first-order valence-corrected chi connectivity index (χ1v) is 12.9. The Bertz CT molecular complexity index is 1290. The largest absolute Gasteiger partial charge is 0.495 e. The van der Waals surface area contributed by atoms with Gasteiger partial charge in [0.25, 0.3) is 5.56 Å². The zero-order valence-corrected chi connectivity index (χ0v) is 21.0. The van der Waals surface area contributed by atoms with Gasteiger partial charge in [0.15, 0.2) is 0 Å². The molecule has 0 N–H and O–H groups in total. The van der Waals surface area contributed by atoms with Crippen LogP contribution in [0.3, 0.4) is 0 Å². The Morgan fingerprint density at radius 2 is 1.91 bits per heavy atom. The molecule has 0 radical (unpaired) electrons. The van der Waals surface area contributed by atoms with Crippen LogP contribution in [-0.2, 0) is 11.3 Å². The maximum Gasteiger partial charge on any atom is 0.260 e. The van der Waals surface area contributed by atoms with Crippen molar-refractivity contribution in [2.24, 2.45) is 16.7 Å². The Kier molecular flexibility index (Phi) is 5.12. The van der Waals surface area contributed by atoms with E-state index in [2.05, 4.69) is 53.1 Å². The molecule has 3 aromatic rings. The molecule has 34 heavy (non-hydrogen) atoms. The molecule has 2 saturated carbocycles. The summed E-state index contributed by atoms with van der Waals surface area (Å²) in [5.41, 5.74) is 2.50. The lowest BCUT2D eigenvalue weighted by molar-refractivity contribution is 0.0366. The van der Waals surface area contributed by atoms with Crippen LogP contribution in [-0.4, -0.2) is 54.0 Å². The number of hydrogen-bond acceptors (Lipinski definition) is 4. The number of pyridine rings is 1. The van der Waals surface area contributed by atoms with E-state index >= 15 is 0 Å². The van der Waals surface area contributed by atoms with Crippen molar-refractivity contribution in [3.63, 3.8) is 0 Å². The van der Waals surface area contributed by atoms with Crippen LogP contribution in [0.2, 0.25) is 0 Å². The van der Waals surface area contributed by atoms with Gasteiger partial charge in [0, 0.05) is 43.8 Å². The van der Waals surface area contributed by atoms with Gasteiger partial charge in [-0.15, -0.1) is 0 Å². The van der Waals surface area contributed by atoms with Crippen molar-refractivity contribution in [2.45, 2.75) is 52.6 Å². The van der Waals surface area contributed by atoms with Gasteiger partial charge in [0.1, 0.15) is 5.75 Å². The molecule has 1 saturated heterocycles. The molecule has 3 atom stereocenters. The monoisotopic (exact) mass is 463 g/mol. The first-order chi connectivity index (χ1) is 16.3. The normalized spacial score (nSPS) is 28.8. The minimum Gasteiger partial charge on any atom is -0.495 e. The molecule has 0 amide bonds. The first kappa shape index (κ1) is 22.2. The fourth-order valence-electron chi connectivity index (χ4n) is 7.78. The van der Waals surface area contributed by atoms with Gasteiger partial charge >= 0.3 is 0 Å². The Balaban J connectivity index is 1.52. The van der Waals surface area contributed by atoms with Crippen molar-refractivity contribution >= 4 is 21.8 Å². The fraction of sp³-hybridized carbons (Fsp3) is 0.607. The Morgan fingerprint density at radius 1 is 1.12 bits per heavy atom. The summed E-state index contributed by atoms with van der Waals surface area (Å²) in [5.74, 6) is 1.52. The third kappa shape index (κ3) is 3.11. The molecule has 3 aliphatic rings. The first-order valence-electron chi connectivity index (χ1n) is 12.9. The number of morpholine rings is 1. The Hall–Kier alpha value is -2.31. The highest BCUT2D eigenvalue weighted by Gasteiger charge is 2.60. The number of nitrogens with zero attached hydrogens (tertiary/aromatic N) is 3. The summed E-state index contributed by atoms with van der Waals surface area (Å²) in [6, 6.07) is 8.51. The minimum absolute atomic E-state index is 0.122. The average molecular weight is 464 g/mol. The van der Waals surface area contributed by atoms with Gasteiger partial charge in [0.05, 0.1) is 36.7 Å². The second kappa shape index (κ2) is 7.85. The number of hydrogen-bond donors (Lipinski definition) is 0. The van der Waals surface area contributed by atoms with Crippen LogP contribution < -0.4 is 10.3 Å². The summed E-state index contributed by atoms with van der Waals surface area (Å²) in [6.07, 6.45) is 5.81. The predicted octanol–water partition coefficient (Wildman–Crippen LogP) is 4.68. The third-order valence-corrected chi connectivity index (χ3v) is 9.36. The molecule has 6 heteroatoms. The average Bonchev–Trinajstić information content (AvgIpc) is 3.44. The lowest BCUT2D eigenvalue weighted by Gasteiger charge is -2.43. The molecule has 3 fully saturated rings. The van der Waals surface area contributed by atoms with E-state index in [9.17, 15) is 4.79 Å². The number of fused-ring (bicyclic) bond motifs is 5. The van der Waals surface area contributed by atoms with E-state index < -0.39 is 0 Å². The molecule has 2 aliphatic carbocycles. The molecule has 2 unspecified atom stereocenters. The Labute approximate surface area is 201 Å². The van der Waals surface area contributed by atoms with Crippen molar-refractivity contribution in [2.75, 3.05) is 40.0 Å². The van der Waals surface area contributed by atoms with Crippen LogP contribution in [0.15, 0.2) is 35.3 Å². The minimum atomic E-state index is 0.122. The number of rotatable bonds is 5. The second-order valence-electron chi connectivity index (χ2n) is 11.6. The van der Waals surface area contributed by atoms with Gasteiger partial charge in [-0.2, -0.15) is 0 Å². The summed E-state index contributed by atoms with van der Waals surface area (Å²) in [6.45, 7) is 12.4. The van der Waals surface area contributed by atoms with Crippen LogP contribution in [0.25, 0.3) is 21.8 Å². The Morgan fingerprint density at radius 3 is 2.62 bits per heavy atom. The molecule has 1 aliphatic heterocycles. The van der Waals surface area contributed by atoms with Crippen molar-refractivity contribution < 1.29 is 9.47 Å². The van der Waals surface area contributed by atoms with Crippen molar-refractivity contribution in [3.05, 3.63) is 40.8 Å². The molecule has 182 valence electrons. The highest BCUT2D eigenvalue weighted by Crippen LogP contribution is 2.67. The van der Waals surface area contributed by atoms with Crippen molar-refractivity contribution in [3.8, 4) is 5.75 Å². The van der Waals surface area contributed by atoms with E-state index in [0.717, 1.165) is 66.9 Å². The maximum atomic E-state index is 14.2. The van der Waals surface area contributed by atoms with Crippen LogP contribution in [0.5, 0.6) is 5.75 Å². The van der Waals surface area contributed by atoms with E-state index in [0.29, 0.717) is 5.92 Å². The number of ether oxygens (including phenoxy) is 2. The van der Waals surface area contributed by atoms with Gasteiger partial charge in [-0.05, 0) is 48.1 Å². The summed E-state index contributed by atoms with van der Waals surface area (Å²) in [4.78, 5) is 16.7. The molecule has 2 bridgehead atoms. The molecule has 1 aromatic carbocycles. The van der Waals surface area contributed by atoms with Gasteiger partial charge in [-0.1, -0.05) is 32.9 Å². The number of para-hydroxylation sites is 1. The van der Waals surface area contributed by atoms with E-state index in [1.807, 2.05) is 12.1 Å². The van der Waals surface area contributed by atoms with Crippen LogP contribution in [0, 0.1) is 16.7 Å². The SMILES string of the molecule is COc1cccc2c3c(=O)n(C4C5(C)CC[C@H](C5)C4(C)C)ccc3n(CCN3CCOCC3)c12. The van der Waals surface area contributed by atoms with Gasteiger partial charge in [0.2, 0.25) is 0 Å². The molecule has 0 spiro atoms. The number of methoxy groups -OCH3 is 1. The maximum absolute atomic E-state index is 14.2. The molecule has 6 rings (SSSR count). The third-order valence-electron chi connectivity index (χ3n) is 9.36. The number of aromatic nitrogens is 2. The second-order valence-corrected chi connectivity index (χ2v) is 11.6. The fourth-order valence-corrected chi connectivity index (χ4v) is 7.78. The van der Waals surface area contributed by atoms with E-state index in [1.165, 1.54) is 19.3 Å². The van der Waals surface area contributed by atoms with Gasteiger partial charge < -0.3 is 18.6 Å². The highest BCUT2D eigenvalue weighted by molar-refractivity contribution is 6.09. The molecule has 6 nitrogen and oxygen atoms in total. The summed E-state index contributed by atoms with van der Waals surface area (Å²) in [7, 11) is 1.72. The lowest BCUT2D eigenvalue weighted by atomic mass is 9.68. The number of benzene rings is 1.